The smallest absolute Gasteiger partial charge is 0.109 e. The van der Waals surface area contributed by atoms with Crippen molar-refractivity contribution in [2.24, 2.45) is 5.73 Å². The molecule has 0 bridgehead atoms. The van der Waals surface area contributed by atoms with Crippen molar-refractivity contribution in [3.05, 3.63) is 54.1 Å². The molecule has 2 aromatic rings. The van der Waals surface area contributed by atoms with Crippen molar-refractivity contribution in [3.63, 3.8) is 0 Å². The highest BCUT2D eigenvalue weighted by atomic mass is 15.0. The summed E-state index contributed by atoms with van der Waals surface area (Å²) in [5.41, 5.74) is 7.17. The van der Waals surface area contributed by atoms with E-state index in [9.17, 15) is 0 Å². The first-order valence-electron chi connectivity index (χ1n) is 6.10. The molecule has 17 heavy (non-hydrogen) atoms. The molecular formula is C14H19N3. The zero-order chi connectivity index (χ0) is 12.1. The maximum absolute atomic E-state index is 5.88. The Hall–Kier alpha value is -1.61. The van der Waals surface area contributed by atoms with Crippen LogP contribution in [-0.4, -0.2) is 16.1 Å². The van der Waals surface area contributed by atoms with E-state index < -0.39 is 0 Å². The highest BCUT2D eigenvalue weighted by molar-refractivity contribution is 5.21. The molecule has 3 nitrogen and oxygen atoms in total. The Kier molecular flexibility index (Phi) is 3.94. The van der Waals surface area contributed by atoms with Gasteiger partial charge in [0, 0.05) is 31.3 Å². The summed E-state index contributed by atoms with van der Waals surface area (Å²) in [4.78, 5) is 4.41. The molecule has 1 unspecified atom stereocenters. The van der Waals surface area contributed by atoms with Crippen LogP contribution in [0.1, 0.15) is 24.2 Å². The summed E-state index contributed by atoms with van der Waals surface area (Å²) >= 11 is 0. The van der Waals surface area contributed by atoms with Crippen molar-refractivity contribution >= 4 is 0 Å². The van der Waals surface area contributed by atoms with Crippen molar-refractivity contribution < 1.29 is 0 Å². The molecule has 90 valence electrons. The summed E-state index contributed by atoms with van der Waals surface area (Å²) in [6.45, 7) is 3.74. The molecule has 0 radical (unpaired) electrons. The number of benzene rings is 1. The molecule has 1 heterocycles. The zero-order valence-corrected chi connectivity index (χ0v) is 10.2. The normalized spacial score (nSPS) is 12.6. The Bertz CT molecular complexity index is 448. The van der Waals surface area contributed by atoms with Gasteiger partial charge in [0.15, 0.2) is 0 Å². The number of rotatable bonds is 5. The molecule has 1 atom stereocenters. The van der Waals surface area contributed by atoms with E-state index in [0.29, 0.717) is 12.5 Å². The third kappa shape index (κ3) is 2.74. The number of nitrogens with zero attached hydrogens (tertiary/aromatic N) is 2. The summed E-state index contributed by atoms with van der Waals surface area (Å²) in [6, 6.07) is 10.4. The van der Waals surface area contributed by atoms with Gasteiger partial charge in [0.1, 0.15) is 5.82 Å². The molecule has 1 aromatic carbocycles. The van der Waals surface area contributed by atoms with Crippen molar-refractivity contribution in [3.8, 4) is 0 Å². The Morgan fingerprint density at radius 1 is 1.29 bits per heavy atom. The minimum Gasteiger partial charge on any atom is -0.335 e. The van der Waals surface area contributed by atoms with E-state index in [1.54, 1.807) is 0 Å². The van der Waals surface area contributed by atoms with Crippen LogP contribution in [0.15, 0.2) is 42.7 Å². The fourth-order valence-electron chi connectivity index (χ4n) is 2.10. The lowest BCUT2D eigenvalue weighted by atomic mass is 9.95. The third-order valence-corrected chi connectivity index (χ3v) is 3.13. The van der Waals surface area contributed by atoms with Gasteiger partial charge in [-0.25, -0.2) is 4.98 Å². The van der Waals surface area contributed by atoms with E-state index >= 15 is 0 Å². The number of imidazole rings is 1. The number of nitrogens with two attached hydrogens (primary N) is 1. The van der Waals surface area contributed by atoms with Gasteiger partial charge in [-0.15, -0.1) is 0 Å². The molecular weight excluding hydrogens is 210 g/mol. The summed E-state index contributed by atoms with van der Waals surface area (Å²) in [6.07, 6.45) is 4.78. The average molecular weight is 229 g/mol. The summed E-state index contributed by atoms with van der Waals surface area (Å²) < 4.78 is 2.17. The highest BCUT2D eigenvalue weighted by Crippen LogP contribution is 2.18. The van der Waals surface area contributed by atoms with Gasteiger partial charge in [-0.3, -0.25) is 0 Å². The lowest BCUT2D eigenvalue weighted by Gasteiger charge is -2.15. The molecule has 0 aliphatic rings. The van der Waals surface area contributed by atoms with Crippen LogP contribution >= 0.6 is 0 Å². The van der Waals surface area contributed by atoms with E-state index in [2.05, 4.69) is 40.7 Å². The zero-order valence-electron chi connectivity index (χ0n) is 10.2. The van der Waals surface area contributed by atoms with Gasteiger partial charge in [0.05, 0.1) is 0 Å². The Morgan fingerprint density at radius 3 is 2.71 bits per heavy atom. The van der Waals surface area contributed by atoms with Crippen molar-refractivity contribution in [2.75, 3.05) is 6.54 Å². The van der Waals surface area contributed by atoms with Gasteiger partial charge in [-0.2, -0.15) is 0 Å². The van der Waals surface area contributed by atoms with Crippen LogP contribution in [0.25, 0.3) is 0 Å². The van der Waals surface area contributed by atoms with Crippen molar-refractivity contribution in [2.45, 2.75) is 25.8 Å². The fraction of sp³-hybridized carbons (Fsp3) is 0.357. The Morgan fingerprint density at radius 2 is 2.06 bits per heavy atom. The second kappa shape index (κ2) is 5.64. The molecule has 0 amide bonds. The lowest BCUT2D eigenvalue weighted by Crippen LogP contribution is -2.17. The molecule has 0 spiro atoms. The fourth-order valence-corrected chi connectivity index (χ4v) is 2.10. The predicted octanol–water partition coefficient (Wildman–Crippen LogP) is 2.19. The van der Waals surface area contributed by atoms with Gasteiger partial charge < -0.3 is 10.3 Å². The van der Waals surface area contributed by atoms with Gasteiger partial charge in [-0.1, -0.05) is 30.3 Å². The summed E-state index contributed by atoms with van der Waals surface area (Å²) in [5, 5.41) is 0. The van der Waals surface area contributed by atoms with Crippen LogP contribution in [-0.2, 0) is 13.0 Å². The van der Waals surface area contributed by atoms with E-state index in [1.807, 2.05) is 18.5 Å². The van der Waals surface area contributed by atoms with Crippen LogP contribution in [0.3, 0.4) is 0 Å². The molecule has 3 heteroatoms. The largest absolute Gasteiger partial charge is 0.335 e. The molecule has 0 fully saturated rings. The van der Waals surface area contributed by atoms with Crippen LogP contribution in [0.5, 0.6) is 0 Å². The topological polar surface area (TPSA) is 43.8 Å². The minimum atomic E-state index is 0.351. The number of hydrogen-bond acceptors (Lipinski definition) is 2. The van der Waals surface area contributed by atoms with E-state index in [-0.39, 0.29) is 0 Å². The number of aromatic nitrogens is 2. The van der Waals surface area contributed by atoms with Crippen LogP contribution in [0.2, 0.25) is 0 Å². The van der Waals surface area contributed by atoms with Gasteiger partial charge in [0.2, 0.25) is 0 Å². The number of hydrogen-bond donors (Lipinski definition) is 1. The molecule has 2 rings (SSSR count). The van der Waals surface area contributed by atoms with Crippen LogP contribution in [0.4, 0.5) is 0 Å². The molecule has 2 N–H and O–H groups in total. The van der Waals surface area contributed by atoms with Crippen molar-refractivity contribution in [1.82, 2.24) is 9.55 Å². The molecule has 0 saturated carbocycles. The first kappa shape index (κ1) is 11.9. The summed E-state index contributed by atoms with van der Waals surface area (Å²) in [7, 11) is 0. The van der Waals surface area contributed by atoms with E-state index in [1.165, 1.54) is 5.56 Å². The minimum absolute atomic E-state index is 0.351. The van der Waals surface area contributed by atoms with Crippen LogP contribution < -0.4 is 5.73 Å². The number of aryl methyl sites for hydroxylation is 1. The molecule has 0 aliphatic carbocycles. The second-order valence-corrected chi connectivity index (χ2v) is 4.18. The standard InChI is InChI=1S/C14H19N3/c1-2-17-9-8-16-14(17)10-13(11-15)12-6-4-3-5-7-12/h3-9,13H,2,10-11,15H2,1H3. The highest BCUT2D eigenvalue weighted by Gasteiger charge is 2.13. The van der Waals surface area contributed by atoms with Gasteiger partial charge >= 0.3 is 0 Å². The Labute approximate surface area is 102 Å². The quantitative estimate of drug-likeness (QED) is 0.854. The molecule has 0 aliphatic heterocycles. The Balaban J connectivity index is 2.16. The maximum atomic E-state index is 5.88. The maximum Gasteiger partial charge on any atom is 0.109 e. The van der Waals surface area contributed by atoms with Gasteiger partial charge in [0.25, 0.3) is 0 Å². The molecule has 1 aromatic heterocycles. The van der Waals surface area contributed by atoms with E-state index in [0.717, 1.165) is 18.8 Å². The second-order valence-electron chi connectivity index (χ2n) is 4.18. The summed E-state index contributed by atoms with van der Waals surface area (Å²) in [5.74, 6) is 1.47. The lowest BCUT2D eigenvalue weighted by molar-refractivity contribution is 0.618. The van der Waals surface area contributed by atoms with Crippen LogP contribution in [0, 0.1) is 0 Å². The van der Waals surface area contributed by atoms with Gasteiger partial charge in [-0.05, 0) is 19.0 Å². The third-order valence-electron chi connectivity index (χ3n) is 3.13. The van der Waals surface area contributed by atoms with Crippen molar-refractivity contribution in [1.29, 1.82) is 0 Å². The molecule has 0 saturated heterocycles. The first-order valence-corrected chi connectivity index (χ1v) is 6.10. The predicted molar refractivity (Wildman–Crippen MR) is 69.8 cm³/mol. The SMILES string of the molecule is CCn1ccnc1CC(CN)c1ccccc1. The monoisotopic (exact) mass is 229 g/mol. The van der Waals surface area contributed by atoms with E-state index in [4.69, 9.17) is 5.73 Å². The average Bonchev–Trinajstić information content (AvgIpc) is 2.84. The first-order chi connectivity index (χ1) is 8.35.